The minimum absolute atomic E-state index is 0.0636. The molecule has 3 aliphatic rings. The average Bonchev–Trinajstić information content (AvgIpc) is 3.28. The fourth-order valence-corrected chi connectivity index (χ4v) is 9.50. The van der Waals surface area contributed by atoms with Gasteiger partial charge in [0.05, 0.1) is 25.2 Å². The quantitative estimate of drug-likeness (QED) is 0.0578. The van der Waals surface area contributed by atoms with Gasteiger partial charge in [0.1, 0.15) is 11.3 Å². The van der Waals surface area contributed by atoms with Gasteiger partial charge in [0, 0.05) is 49.0 Å². The molecule has 4 aromatic carbocycles. The lowest BCUT2D eigenvalue weighted by Crippen LogP contribution is -2.54. The van der Waals surface area contributed by atoms with Gasteiger partial charge in [-0.25, -0.2) is 9.59 Å². The normalized spacial score (nSPS) is 22.2. The zero-order chi connectivity index (χ0) is 44.8. The summed E-state index contributed by atoms with van der Waals surface area (Å²) in [6, 6.07) is 30.6. The number of aliphatic hydroxyl groups is 2. The van der Waals surface area contributed by atoms with Gasteiger partial charge in [-0.1, -0.05) is 84.6 Å². The van der Waals surface area contributed by atoms with Crippen LogP contribution in [0.25, 0.3) is 11.0 Å². The molecule has 10 heteroatoms. The molecule has 0 aliphatic carbocycles. The highest BCUT2D eigenvalue weighted by atomic mass is 16.6. The van der Waals surface area contributed by atoms with E-state index in [4.69, 9.17) is 23.4 Å². The molecule has 0 saturated heterocycles. The van der Waals surface area contributed by atoms with Crippen molar-refractivity contribution in [2.75, 3.05) is 26.9 Å². The number of hydrogen-bond donors (Lipinski definition) is 2. The van der Waals surface area contributed by atoms with Crippen molar-refractivity contribution in [3.8, 4) is 17.6 Å². The van der Waals surface area contributed by atoms with E-state index >= 15 is 0 Å². The highest BCUT2D eigenvalue weighted by Gasteiger charge is 2.53. The van der Waals surface area contributed by atoms with E-state index in [1.807, 2.05) is 6.07 Å². The average molecular weight is 865 g/mol. The Balaban J connectivity index is 1.24. The first-order valence-electron chi connectivity index (χ1n) is 22.3. The van der Waals surface area contributed by atoms with Crippen LogP contribution in [-0.2, 0) is 55.9 Å². The van der Waals surface area contributed by atoms with Gasteiger partial charge >= 0.3 is 17.6 Å². The van der Waals surface area contributed by atoms with E-state index in [-0.39, 0.29) is 56.1 Å². The number of carbonyl (C=O) groups excluding carboxylic acids is 2. The number of esters is 2. The second-order valence-corrected chi connectivity index (χ2v) is 17.7. The summed E-state index contributed by atoms with van der Waals surface area (Å²) in [4.78, 5) is 43.1. The van der Waals surface area contributed by atoms with Crippen molar-refractivity contribution >= 4 is 22.9 Å². The van der Waals surface area contributed by atoms with E-state index in [1.165, 1.54) is 23.8 Å². The Bertz CT molecular complexity index is 2660. The maximum absolute atomic E-state index is 14.7. The molecule has 3 aliphatic heterocycles. The Labute approximate surface area is 374 Å². The lowest BCUT2D eigenvalue weighted by Gasteiger charge is -2.44. The molecule has 5 unspecified atom stereocenters. The zero-order valence-electron chi connectivity index (χ0n) is 36.8. The van der Waals surface area contributed by atoms with Crippen LogP contribution in [0, 0.1) is 17.8 Å². The van der Waals surface area contributed by atoms with Crippen LogP contribution in [-0.4, -0.2) is 60.8 Å². The van der Waals surface area contributed by atoms with E-state index in [9.17, 15) is 24.6 Å². The monoisotopic (exact) mass is 864 g/mol. The summed E-state index contributed by atoms with van der Waals surface area (Å²) in [5.41, 5.74) is 6.38. The summed E-state index contributed by atoms with van der Waals surface area (Å²) in [6.45, 7) is 3.18. The third kappa shape index (κ3) is 9.88. The third-order valence-corrected chi connectivity index (χ3v) is 13.0. The van der Waals surface area contributed by atoms with Crippen LogP contribution in [0.2, 0.25) is 0 Å². The second kappa shape index (κ2) is 19.8. The van der Waals surface area contributed by atoms with Gasteiger partial charge < -0.3 is 33.6 Å². The van der Waals surface area contributed by atoms with Crippen molar-refractivity contribution in [3.63, 3.8) is 0 Å². The maximum atomic E-state index is 14.7. The van der Waals surface area contributed by atoms with Gasteiger partial charge in [-0.2, -0.15) is 0 Å². The molecule has 0 spiro atoms. The van der Waals surface area contributed by atoms with Gasteiger partial charge in [-0.05, 0) is 122 Å². The van der Waals surface area contributed by atoms with Crippen molar-refractivity contribution in [3.05, 3.63) is 157 Å². The molecule has 0 radical (unpaired) electrons. The predicted octanol–water partition coefficient (Wildman–Crippen LogP) is 8.23. The summed E-state index contributed by atoms with van der Waals surface area (Å²) in [6.07, 6.45) is 2.09. The van der Waals surface area contributed by atoms with Crippen molar-refractivity contribution < 1.29 is 43.2 Å². The summed E-state index contributed by atoms with van der Waals surface area (Å²) in [7, 11) is 1.53. The number of hydrogen-bond acceptors (Lipinski definition) is 10. The Hall–Kier alpha value is -5.99. The smallest absolute Gasteiger partial charge is 0.339 e. The fraction of sp³-hybridized carbons (Fsp3) is 0.389. The van der Waals surface area contributed by atoms with Gasteiger partial charge in [0.2, 0.25) is 0 Å². The van der Waals surface area contributed by atoms with Crippen LogP contribution < -0.4 is 10.4 Å². The Morgan fingerprint density at radius 1 is 0.875 bits per heavy atom. The second-order valence-electron chi connectivity index (χ2n) is 17.7. The molecule has 10 nitrogen and oxygen atoms in total. The van der Waals surface area contributed by atoms with Crippen molar-refractivity contribution in [2.45, 2.75) is 102 Å². The van der Waals surface area contributed by atoms with Crippen molar-refractivity contribution in [2.24, 2.45) is 5.92 Å². The van der Waals surface area contributed by atoms with Crippen LogP contribution in [0.5, 0.6) is 5.75 Å². The molecule has 8 rings (SSSR count). The van der Waals surface area contributed by atoms with Crippen molar-refractivity contribution in [1.82, 2.24) is 0 Å². The third-order valence-electron chi connectivity index (χ3n) is 13.0. The van der Waals surface area contributed by atoms with E-state index in [2.05, 4.69) is 78.6 Å². The molecule has 4 heterocycles. The summed E-state index contributed by atoms with van der Waals surface area (Å²) in [5.74, 6) is 5.29. The molecular formula is C54H56O10. The van der Waals surface area contributed by atoms with Crippen molar-refractivity contribution in [1.29, 1.82) is 0 Å². The van der Waals surface area contributed by atoms with Crippen LogP contribution in [0.4, 0.5) is 0 Å². The van der Waals surface area contributed by atoms with Gasteiger partial charge in [-0.15, -0.1) is 0 Å². The number of carbonyl (C=O) groups is 2. The van der Waals surface area contributed by atoms with E-state index in [0.717, 1.165) is 29.5 Å². The molecule has 64 heavy (non-hydrogen) atoms. The Morgan fingerprint density at radius 3 is 2.48 bits per heavy atom. The first-order chi connectivity index (χ1) is 31.0. The highest BCUT2D eigenvalue weighted by molar-refractivity contribution is 5.90. The molecular weight excluding hydrogens is 809 g/mol. The molecule has 1 aromatic heterocycles. The fourth-order valence-electron chi connectivity index (χ4n) is 9.50. The molecule has 5 aromatic rings. The Kier molecular flexibility index (Phi) is 13.8. The lowest BCUT2D eigenvalue weighted by atomic mass is 9.82. The predicted molar refractivity (Wildman–Crippen MR) is 243 cm³/mol. The Morgan fingerprint density at radius 2 is 1.69 bits per heavy atom. The molecule has 0 amide bonds. The number of aliphatic hydroxyl groups excluding tert-OH is 2. The van der Waals surface area contributed by atoms with Gasteiger partial charge in [-0.3, -0.25) is 4.79 Å². The molecule has 0 fully saturated rings. The summed E-state index contributed by atoms with van der Waals surface area (Å²) in [5, 5.41) is 20.7. The van der Waals surface area contributed by atoms with Gasteiger partial charge in [0.15, 0.2) is 17.8 Å². The van der Waals surface area contributed by atoms with Crippen LogP contribution in [0.1, 0.15) is 102 Å². The molecule has 2 N–H and O–H groups in total. The molecule has 5 bridgehead atoms. The van der Waals surface area contributed by atoms with Crippen LogP contribution in [0.15, 0.2) is 111 Å². The van der Waals surface area contributed by atoms with Gasteiger partial charge in [0.25, 0.3) is 0 Å². The summed E-state index contributed by atoms with van der Waals surface area (Å²) >= 11 is 0. The lowest BCUT2D eigenvalue weighted by molar-refractivity contribution is -0.190. The number of rotatable bonds is 11. The largest absolute Gasteiger partial charge is 0.482 e. The minimum Gasteiger partial charge on any atom is -0.482 e. The van der Waals surface area contributed by atoms with Crippen LogP contribution in [0.3, 0.4) is 0 Å². The minimum atomic E-state index is -1.33. The maximum Gasteiger partial charge on any atom is 0.339 e. The number of benzene rings is 4. The highest BCUT2D eigenvalue weighted by Crippen LogP contribution is 2.48. The number of ether oxygens (including phenoxy) is 4. The molecule has 0 saturated carbocycles. The molecule has 5 atom stereocenters. The standard InChI is InChI=1S/C54H56O10/c1-34(32-56)44-21-18-37-17-19-41-29-39(16-15-36-12-9-13-38(27-36)26-35-10-5-4-6-11-35)30-47(57)61-50-48-46(64-54(2,51(50)63-52(44)58)24-8-7-14-40(41)28-37)22-20-42-31-45(53(59)62-49(42)48)43(23-25-55)33-60-3/h4-6,9-13,17,19-20,22,27-28,31,39,43,50-51,55-56H,14-16,18,21,23-26,29-30,32-33H2,1-3H3. The molecule has 332 valence electrons. The first-order valence-corrected chi connectivity index (χ1v) is 22.3. The number of aryl methyl sites for hydroxylation is 2. The first kappa shape index (κ1) is 44.6. The van der Waals surface area contributed by atoms with E-state index in [0.29, 0.717) is 59.9 Å². The SMILES string of the molecule is COCC(CCO)c1cc2ccc3c(c2oc1=O)C1OC(=O)CC(CCc2cccc(Cc4ccccc4)c2)Cc2ccc4cc2CC#CCC(C)(O3)C1OC(=O)C(=C(C)CO)CC4. The summed E-state index contributed by atoms with van der Waals surface area (Å²) < 4.78 is 31.4. The van der Waals surface area contributed by atoms with E-state index < -0.39 is 41.3 Å². The number of fused-ring (bicyclic) bond motifs is 7. The van der Waals surface area contributed by atoms with E-state index in [1.54, 1.807) is 32.0 Å². The zero-order valence-corrected chi connectivity index (χ0v) is 36.8. The van der Waals surface area contributed by atoms with Crippen LogP contribution >= 0.6 is 0 Å². The topological polar surface area (TPSA) is 142 Å². The number of methoxy groups -OCH3 is 1.